The van der Waals surface area contributed by atoms with Crippen LogP contribution in [0.25, 0.3) is 10.9 Å². The summed E-state index contributed by atoms with van der Waals surface area (Å²) < 4.78 is 5.32. The highest BCUT2D eigenvalue weighted by molar-refractivity contribution is 6.31. The maximum atomic E-state index is 13.3. The second-order valence-corrected chi connectivity index (χ2v) is 7.70. The van der Waals surface area contributed by atoms with Crippen molar-refractivity contribution >= 4 is 34.1 Å². The lowest BCUT2D eigenvalue weighted by atomic mass is 10.1. The molecule has 1 N–H and O–H groups in total. The van der Waals surface area contributed by atoms with E-state index in [1.54, 1.807) is 13.3 Å². The van der Waals surface area contributed by atoms with Crippen molar-refractivity contribution in [3.8, 4) is 5.75 Å². The van der Waals surface area contributed by atoms with Gasteiger partial charge in [0, 0.05) is 36.2 Å². The van der Waals surface area contributed by atoms with E-state index in [2.05, 4.69) is 10.3 Å². The number of ether oxygens (including phenoxy) is 1. The van der Waals surface area contributed by atoms with Crippen molar-refractivity contribution in [3.63, 3.8) is 0 Å². The van der Waals surface area contributed by atoms with Crippen LogP contribution in [-0.2, 0) is 6.54 Å². The number of likely N-dealkylation sites (tertiary alicyclic amines) is 1. The summed E-state index contributed by atoms with van der Waals surface area (Å²) >= 11 is 6.26. The maximum Gasteiger partial charge on any atom is 0.257 e. The number of amides is 1. The average molecular weight is 410 g/mol. The number of nitrogens with zero attached hydrogens (tertiary/aromatic N) is 2. The van der Waals surface area contributed by atoms with E-state index in [0.717, 1.165) is 53.8 Å². The lowest BCUT2D eigenvalue weighted by Gasteiger charge is -2.27. The highest BCUT2D eigenvalue weighted by atomic mass is 35.5. The first kappa shape index (κ1) is 19.5. The summed E-state index contributed by atoms with van der Waals surface area (Å²) in [7, 11) is 1.65. The van der Waals surface area contributed by atoms with Gasteiger partial charge >= 0.3 is 0 Å². The number of nitrogens with one attached hydrogen (secondary N) is 1. The third-order valence-electron chi connectivity index (χ3n) is 5.31. The lowest BCUT2D eigenvalue weighted by Crippen LogP contribution is -2.36. The number of anilines is 1. The Hall–Kier alpha value is -2.79. The Balaban J connectivity index is 1.71. The van der Waals surface area contributed by atoms with E-state index < -0.39 is 0 Å². The molecule has 0 saturated carbocycles. The van der Waals surface area contributed by atoms with Gasteiger partial charge in [-0.05, 0) is 55.2 Å². The number of rotatable bonds is 5. The molecule has 2 aromatic carbocycles. The SMILES string of the molecule is COc1cccc(CNc2c(C(=O)N3CCCCC3)cnc3ccc(Cl)cc23)c1. The molecule has 0 atom stereocenters. The number of carbonyl (C=O) groups is 1. The summed E-state index contributed by atoms with van der Waals surface area (Å²) in [5.41, 5.74) is 3.23. The topological polar surface area (TPSA) is 54.5 Å². The van der Waals surface area contributed by atoms with Crippen LogP contribution >= 0.6 is 11.6 Å². The minimum atomic E-state index is 0.0206. The smallest absolute Gasteiger partial charge is 0.257 e. The molecule has 0 spiro atoms. The van der Waals surface area contributed by atoms with Gasteiger partial charge in [-0.3, -0.25) is 9.78 Å². The van der Waals surface area contributed by atoms with Gasteiger partial charge in [-0.15, -0.1) is 0 Å². The molecular weight excluding hydrogens is 386 g/mol. The van der Waals surface area contributed by atoms with Crippen LogP contribution in [0.1, 0.15) is 35.2 Å². The Labute approximate surface area is 175 Å². The fourth-order valence-electron chi connectivity index (χ4n) is 3.76. The Morgan fingerprint density at radius 1 is 1.17 bits per heavy atom. The molecule has 1 aliphatic heterocycles. The minimum Gasteiger partial charge on any atom is -0.497 e. The first-order chi connectivity index (χ1) is 14.2. The molecule has 0 radical (unpaired) electrons. The normalized spacial score (nSPS) is 14.1. The third-order valence-corrected chi connectivity index (χ3v) is 5.54. The Bertz CT molecular complexity index is 1030. The van der Waals surface area contributed by atoms with E-state index in [9.17, 15) is 4.79 Å². The minimum absolute atomic E-state index is 0.0206. The molecule has 2 heterocycles. The van der Waals surface area contributed by atoms with Crippen molar-refractivity contribution in [2.75, 3.05) is 25.5 Å². The highest BCUT2D eigenvalue weighted by Crippen LogP contribution is 2.30. The number of piperidine rings is 1. The van der Waals surface area contributed by atoms with E-state index in [1.165, 1.54) is 6.42 Å². The zero-order valence-corrected chi connectivity index (χ0v) is 17.2. The monoisotopic (exact) mass is 409 g/mol. The van der Waals surface area contributed by atoms with E-state index in [-0.39, 0.29) is 5.91 Å². The maximum absolute atomic E-state index is 13.3. The van der Waals surface area contributed by atoms with Crippen LogP contribution in [0.2, 0.25) is 5.02 Å². The Morgan fingerprint density at radius 2 is 2.00 bits per heavy atom. The molecule has 1 amide bonds. The standard InChI is InChI=1S/C23H24ClN3O2/c1-29-18-7-5-6-16(12-18)14-26-22-19-13-17(24)8-9-21(19)25-15-20(22)23(28)27-10-3-2-4-11-27/h5-9,12-13,15H,2-4,10-11,14H2,1H3,(H,25,26). The first-order valence-corrected chi connectivity index (χ1v) is 10.3. The fraction of sp³-hybridized carbons (Fsp3) is 0.304. The van der Waals surface area contributed by atoms with Crippen molar-refractivity contribution in [1.29, 1.82) is 0 Å². The zero-order chi connectivity index (χ0) is 20.2. The van der Waals surface area contributed by atoms with Crippen molar-refractivity contribution in [2.24, 2.45) is 0 Å². The number of benzene rings is 2. The second-order valence-electron chi connectivity index (χ2n) is 7.27. The molecule has 0 bridgehead atoms. The van der Waals surface area contributed by atoms with Gasteiger partial charge in [0.15, 0.2) is 0 Å². The summed E-state index contributed by atoms with van der Waals surface area (Å²) in [6.45, 7) is 2.15. The number of hydrogen-bond acceptors (Lipinski definition) is 4. The van der Waals surface area contributed by atoms with Crippen LogP contribution in [0.3, 0.4) is 0 Å². The molecule has 5 nitrogen and oxygen atoms in total. The molecule has 1 saturated heterocycles. The quantitative estimate of drug-likeness (QED) is 0.634. The number of pyridine rings is 1. The van der Waals surface area contributed by atoms with Crippen LogP contribution in [-0.4, -0.2) is 36.0 Å². The lowest BCUT2D eigenvalue weighted by molar-refractivity contribution is 0.0725. The summed E-state index contributed by atoms with van der Waals surface area (Å²) in [6.07, 6.45) is 4.95. The van der Waals surface area contributed by atoms with Crippen LogP contribution in [0.15, 0.2) is 48.7 Å². The first-order valence-electron chi connectivity index (χ1n) is 9.90. The summed E-state index contributed by atoms with van der Waals surface area (Å²) in [4.78, 5) is 19.7. The number of fused-ring (bicyclic) bond motifs is 1. The second kappa shape index (κ2) is 8.70. The van der Waals surface area contributed by atoms with Gasteiger partial charge in [-0.1, -0.05) is 23.7 Å². The molecule has 0 unspecified atom stereocenters. The van der Waals surface area contributed by atoms with Crippen LogP contribution in [0.5, 0.6) is 5.75 Å². The number of aromatic nitrogens is 1. The molecular formula is C23H24ClN3O2. The zero-order valence-electron chi connectivity index (χ0n) is 16.5. The number of halogens is 1. The van der Waals surface area contributed by atoms with Gasteiger partial charge in [0.05, 0.1) is 23.9 Å². The summed E-state index contributed by atoms with van der Waals surface area (Å²) in [6, 6.07) is 13.4. The van der Waals surface area contributed by atoms with Gasteiger partial charge in [0.25, 0.3) is 5.91 Å². The van der Waals surface area contributed by atoms with E-state index >= 15 is 0 Å². The van der Waals surface area contributed by atoms with Gasteiger partial charge in [0.1, 0.15) is 5.75 Å². The van der Waals surface area contributed by atoms with Crippen molar-refractivity contribution in [2.45, 2.75) is 25.8 Å². The van der Waals surface area contributed by atoms with Gasteiger partial charge in [-0.25, -0.2) is 0 Å². The van der Waals surface area contributed by atoms with Gasteiger partial charge in [0.2, 0.25) is 0 Å². The Morgan fingerprint density at radius 3 is 2.79 bits per heavy atom. The van der Waals surface area contributed by atoms with Crippen molar-refractivity contribution in [1.82, 2.24) is 9.88 Å². The third kappa shape index (κ3) is 4.30. The van der Waals surface area contributed by atoms with E-state index in [0.29, 0.717) is 17.1 Å². The number of carbonyl (C=O) groups excluding carboxylic acids is 1. The van der Waals surface area contributed by atoms with Crippen LogP contribution in [0.4, 0.5) is 5.69 Å². The number of hydrogen-bond donors (Lipinski definition) is 1. The predicted molar refractivity (Wildman–Crippen MR) is 117 cm³/mol. The van der Waals surface area contributed by atoms with Gasteiger partial charge < -0.3 is 15.0 Å². The number of methoxy groups -OCH3 is 1. The molecule has 4 rings (SSSR count). The van der Waals surface area contributed by atoms with Crippen molar-refractivity contribution < 1.29 is 9.53 Å². The fourth-order valence-corrected chi connectivity index (χ4v) is 3.93. The average Bonchev–Trinajstić information content (AvgIpc) is 2.77. The van der Waals surface area contributed by atoms with E-state index in [4.69, 9.17) is 16.3 Å². The van der Waals surface area contributed by atoms with Gasteiger partial charge in [-0.2, -0.15) is 0 Å². The van der Waals surface area contributed by atoms with Crippen LogP contribution in [0, 0.1) is 0 Å². The van der Waals surface area contributed by atoms with Crippen molar-refractivity contribution in [3.05, 3.63) is 64.8 Å². The molecule has 6 heteroatoms. The molecule has 1 aromatic heterocycles. The largest absolute Gasteiger partial charge is 0.497 e. The molecule has 1 aliphatic rings. The highest BCUT2D eigenvalue weighted by Gasteiger charge is 2.22. The molecule has 150 valence electrons. The summed E-state index contributed by atoms with van der Waals surface area (Å²) in [5, 5.41) is 4.94. The predicted octanol–water partition coefficient (Wildman–Crippen LogP) is 5.14. The molecule has 3 aromatic rings. The molecule has 29 heavy (non-hydrogen) atoms. The molecule has 1 fully saturated rings. The molecule has 0 aliphatic carbocycles. The van der Waals surface area contributed by atoms with E-state index in [1.807, 2.05) is 47.4 Å². The van der Waals surface area contributed by atoms with Crippen LogP contribution < -0.4 is 10.1 Å². The summed E-state index contributed by atoms with van der Waals surface area (Å²) in [5.74, 6) is 0.823. The Kier molecular flexibility index (Phi) is 5.86.